The summed E-state index contributed by atoms with van der Waals surface area (Å²) in [5.74, 6) is -1.08. The van der Waals surface area contributed by atoms with Crippen LogP contribution in [0.4, 0.5) is 4.79 Å². The zero-order chi connectivity index (χ0) is 19.7. The van der Waals surface area contributed by atoms with Crippen molar-refractivity contribution in [3.63, 3.8) is 0 Å². The van der Waals surface area contributed by atoms with E-state index in [1.165, 1.54) is 0 Å². The minimum absolute atomic E-state index is 0.0364. The van der Waals surface area contributed by atoms with Gasteiger partial charge in [0, 0.05) is 6.04 Å². The molecule has 2 saturated heterocycles. The fourth-order valence-corrected chi connectivity index (χ4v) is 5.38. The highest BCUT2D eigenvalue weighted by atomic mass is 32.2. The normalized spacial score (nSPS) is 26.9. The summed E-state index contributed by atoms with van der Waals surface area (Å²) in [5.41, 5.74) is -0.501. The summed E-state index contributed by atoms with van der Waals surface area (Å²) in [6, 6.07) is 7.88. The summed E-state index contributed by atoms with van der Waals surface area (Å²) < 4.78 is 23.0. The molecule has 2 N–H and O–H groups in total. The van der Waals surface area contributed by atoms with Crippen LogP contribution in [0.25, 0.3) is 0 Å². The van der Waals surface area contributed by atoms with E-state index in [0.29, 0.717) is 24.8 Å². The molecule has 1 aromatic rings. The van der Waals surface area contributed by atoms with E-state index >= 15 is 0 Å². The lowest BCUT2D eigenvalue weighted by Gasteiger charge is -2.27. The van der Waals surface area contributed by atoms with E-state index in [4.69, 9.17) is 0 Å². The van der Waals surface area contributed by atoms with Crippen molar-refractivity contribution in [1.82, 2.24) is 15.5 Å². The third-order valence-corrected chi connectivity index (χ3v) is 6.73. The van der Waals surface area contributed by atoms with Crippen LogP contribution >= 0.6 is 0 Å². The molecule has 2 aliphatic rings. The molecule has 146 valence electrons. The molecule has 8 nitrogen and oxygen atoms in total. The van der Waals surface area contributed by atoms with Crippen LogP contribution in [0.2, 0.25) is 0 Å². The fourth-order valence-electron chi connectivity index (χ4n) is 3.70. The Morgan fingerprint density at radius 3 is 2.59 bits per heavy atom. The Morgan fingerprint density at radius 1 is 1.30 bits per heavy atom. The predicted molar refractivity (Wildman–Crippen MR) is 98.5 cm³/mol. The number of hydrogen-bond donors (Lipinski definition) is 2. The van der Waals surface area contributed by atoms with Crippen molar-refractivity contribution >= 4 is 27.7 Å². The molecule has 27 heavy (non-hydrogen) atoms. The van der Waals surface area contributed by atoms with Crippen molar-refractivity contribution in [2.24, 2.45) is 0 Å². The predicted octanol–water partition coefficient (Wildman–Crippen LogP) is 0.537. The number of nitrogens with one attached hydrogen (secondary N) is 2. The highest BCUT2D eigenvalue weighted by Crippen LogP contribution is 2.33. The van der Waals surface area contributed by atoms with Gasteiger partial charge in [0.2, 0.25) is 5.91 Å². The molecule has 3 rings (SSSR count). The number of imide groups is 1. The molecule has 0 radical (unpaired) electrons. The number of hydrogen-bond acceptors (Lipinski definition) is 5. The molecule has 2 atom stereocenters. The summed E-state index contributed by atoms with van der Waals surface area (Å²) in [4.78, 5) is 38.7. The standard InChI is InChI=1S/C18H23N3O5S/c1-2-9-18(13-6-4-3-5-7-13)16(23)21(17(24)20-18)11-15(22)19-14-8-10-27(25,26)12-14/h3-7,14H,2,8-12H2,1H3,(H,19,22)(H,20,24)/t14-,18+/m0/s1. The van der Waals surface area contributed by atoms with E-state index < -0.39 is 45.8 Å². The van der Waals surface area contributed by atoms with Crippen molar-refractivity contribution in [1.29, 1.82) is 0 Å². The van der Waals surface area contributed by atoms with Crippen LogP contribution in [0.3, 0.4) is 0 Å². The van der Waals surface area contributed by atoms with Crippen LogP contribution < -0.4 is 10.6 Å². The number of sulfone groups is 1. The van der Waals surface area contributed by atoms with Gasteiger partial charge in [0.15, 0.2) is 9.84 Å². The minimum atomic E-state index is -3.13. The lowest BCUT2D eigenvalue weighted by molar-refractivity contribution is -0.135. The molecule has 2 heterocycles. The molecule has 1 aromatic carbocycles. The van der Waals surface area contributed by atoms with Crippen LogP contribution in [0.1, 0.15) is 31.7 Å². The lowest BCUT2D eigenvalue weighted by atomic mass is 9.85. The first-order valence-corrected chi connectivity index (χ1v) is 10.8. The molecule has 0 bridgehead atoms. The van der Waals surface area contributed by atoms with E-state index in [-0.39, 0.29) is 11.5 Å². The number of urea groups is 1. The smallest absolute Gasteiger partial charge is 0.325 e. The van der Waals surface area contributed by atoms with Crippen molar-refractivity contribution in [3.8, 4) is 0 Å². The zero-order valence-corrected chi connectivity index (χ0v) is 15.9. The number of carbonyl (C=O) groups excluding carboxylic acids is 3. The molecule has 2 aliphatic heterocycles. The fraction of sp³-hybridized carbons (Fsp3) is 0.500. The average Bonchev–Trinajstić information content (AvgIpc) is 3.08. The van der Waals surface area contributed by atoms with Gasteiger partial charge >= 0.3 is 6.03 Å². The Morgan fingerprint density at radius 2 is 2.00 bits per heavy atom. The first-order chi connectivity index (χ1) is 12.8. The summed E-state index contributed by atoms with van der Waals surface area (Å²) in [6.07, 6.45) is 1.43. The zero-order valence-electron chi connectivity index (χ0n) is 15.1. The van der Waals surface area contributed by atoms with Gasteiger partial charge < -0.3 is 10.6 Å². The van der Waals surface area contributed by atoms with Gasteiger partial charge in [-0.15, -0.1) is 0 Å². The summed E-state index contributed by atoms with van der Waals surface area (Å²) in [7, 11) is -3.13. The second kappa shape index (κ2) is 7.30. The first-order valence-electron chi connectivity index (χ1n) is 8.97. The van der Waals surface area contributed by atoms with Gasteiger partial charge in [0.05, 0.1) is 11.5 Å². The van der Waals surface area contributed by atoms with Gasteiger partial charge in [-0.25, -0.2) is 13.2 Å². The molecule has 0 spiro atoms. The number of rotatable bonds is 6. The summed E-state index contributed by atoms with van der Waals surface area (Å²) >= 11 is 0. The maximum absolute atomic E-state index is 13.1. The molecular formula is C18H23N3O5S. The molecular weight excluding hydrogens is 370 g/mol. The summed E-state index contributed by atoms with van der Waals surface area (Å²) in [5, 5.41) is 5.37. The number of amides is 4. The van der Waals surface area contributed by atoms with E-state index in [2.05, 4.69) is 10.6 Å². The Bertz CT molecular complexity index is 855. The Hall–Kier alpha value is -2.42. The molecule has 0 aliphatic carbocycles. The SMILES string of the molecule is CCC[C@]1(c2ccccc2)NC(=O)N(CC(=O)N[C@H]2CCS(=O)(=O)C2)C1=O. The number of benzene rings is 1. The topological polar surface area (TPSA) is 113 Å². The van der Waals surface area contributed by atoms with Crippen molar-refractivity contribution in [2.45, 2.75) is 37.8 Å². The van der Waals surface area contributed by atoms with Crippen molar-refractivity contribution in [3.05, 3.63) is 35.9 Å². The molecule has 4 amide bonds. The Labute approximate surface area is 158 Å². The van der Waals surface area contributed by atoms with Crippen LogP contribution in [0.5, 0.6) is 0 Å². The van der Waals surface area contributed by atoms with Crippen molar-refractivity contribution < 1.29 is 22.8 Å². The monoisotopic (exact) mass is 393 g/mol. The minimum Gasteiger partial charge on any atom is -0.351 e. The van der Waals surface area contributed by atoms with Gasteiger partial charge in [0.1, 0.15) is 12.1 Å². The van der Waals surface area contributed by atoms with E-state index in [1.54, 1.807) is 24.3 Å². The van der Waals surface area contributed by atoms with Crippen molar-refractivity contribution in [2.75, 3.05) is 18.1 Å². The lowest BCUT2D eigenvalue weighted by Crippen LogP contribution is -2.46. The highest BCUT2D eigenvalue weighted by molar-refractivity contribution is 7.91. The molecule has 9 heteroatoms. The van der Waals surface area contributed by atoms with Crippen LogP contribution in [-0.2, 0) is 25.0 Å². The van der Waals surface area contributed by atoms with Crippen LogP contribution in [0, 0.1) is 0 Å². The third kappa shape index (κ3) is 3.83. The van der Waals surface area contributed by atoms with E-state index in [1.807, 2.05) is 13.0 Å². The van der Waals surface area contributed by atoms with Crippen LogP contribution in [-0.4, -0.2) is 55.3 Å². The molecule has 0 saturated carbocycles. The summed E-state index contributed by atoms with van der Waals surface area (Å²) in [6.45, 7) is 1.49. The molecule has 0 unspecified atom stereocenters. The van der Waals surface area contributed by atoms with Gasteiger partial charge in [-0.1, -0.05) is 43.7 Å². The van der Waals surface area contributed by atoms with E-state index in [0.717, 1.165) is 4.90 Å². The Balaban J connectivity index is 1.74. The molecule has 2 fully saturated rings. The van der Waals surface area contributed by atoms with Gasteiger partial charge in [0.25, 0.3) is 5.91 Å². The Kier molecular flexibility index (Phi) is 5.23. The van der Waals surface area contributed by atoms with E-state index in [9.17, 15) is 22.8 Å². The third-order valence-electron chi connectivity index (χ3n) is 4.97. The number of nitrogens with zero attached hydrogens (tertiary/aromatic N) is 1. The number of carbonyl (C=O) groups is 3. The average molecular weight is 393 g/mol. The van der Waals surface area contributed by atoms with Gasteiger partial charge in [-0.3, -0.25) is 14.5 Å². The first kappa shape index (κ1) is 19.3. The largest absolute Gasteiger partial charge is 0.351 e. The maximum Gasteiger partial charge on any atom is 0.325 e. The second-order valence-electron chi connectivity index (χ2n) is 7.01. The van der Waals surface area contributed by atoms with Crippen LogP contribution in [0.15, 0.2) is 30.3 Å². The van der Waals surface area contributed by atoms with Gasteiger partial charge in [-0.05, 0) is 18.4 Å². The molecule has 0 aromatic heterocycles. The second-order valence-corrected chi connectivity index (χ2v) is 9.24. The van der Waals surface area contributed by atoms with Gasteiger partial charge in [-0.2, -0.15) is 0 Å². The maximum atomic E-state index is 13.1. The highest BCUT2D eigenvalue weighted by Gasteiger charge is 2.52. The quantitative estimate of drug-likeness (QED) is 0.685.